The van der Waals surface area contributed by atoms with Gasteiger partial charge < -0.3 is 10.6 Å². The van der Waals surface area contributed by atoms with Crippen LogP contribution < -0.4 is 16.0 Å². The van der Waals surface area contributed by atoms with Crippen LogP contribution in [0, 0.1) is 0 Å². The van der Waals surface area contributed by atoms with E-state index in [2.05, 4.69) is 28.1 Å². The van der Waals surface area contributed by atoms with Crippen LogP contribution in [-0.2, 0) is 0 Å². The van der Waals surface area contributed by atoms with Crippen molar-refractivity contribution < 1.29 is 0 Å². The van der Waals surface area contributed by atoms with Crippen molar-refractivity contribution in [2.45, 2.75) is 6.17 Å². The molecule has 0 amide bonds. The van der Waals surface area contributed by atoms with Crippen LogP contribution in [-0.4, -0.2) is 11.8 Å². The molecule has 0 aliphatic carbocycles. The summed E-state index contributed by atoms with van der Waals surface area (Å²) in [7, 11) is 0. The molecule has 0 aromatic heterocycles. The van der Waals surface area contributed by atoms with Crippen molar-refractivity contribution in [2.75, 3.05) is 6.67 Å². The summed E-state index contributed by atoms with van der Waals surface area (Å²) in [4.78, 5) is 0. The molecule has 0 spiro atoms. The van der Waals surface area contributed by atoms with Gasteiger partial charge in [0.1, 0.15) is 6.17 Å². The highest BCUT2D eigenvalue weighted by Gasteiger charge is 2.14. The standard InChI is InChI=1S/C9H11N3S/c13-9-11-6-10-8(12-9)7-4-2-1-3-5-7/h1-5,8,10H,6H2,(H2,11,12,13). The zero-order valence-electron chi connectivity index (χ0n) is 7.08. The van der Waals surface area contributed by atoms with Gasteiger partial charge in [-0.05, 0) is 17.8 Å². The SMILES string of the molecule is S=C1NCNC(c2ccccc2)N1. The fourth-order valence-corrected chi connectivity index (χ4v) is 1.50. The molecule has 1 aromatic rings. The second kappa shape index (κ2) is 3.72. The maximum absolute atomic E-state index is 5.02. The maximum Gasteiger partial charge on any atom is 0.168 e. The Balaban J connectivity index is 2.13. The van der Waals surface area contributed by atoms with Crippen LogP contribution in [0.15, 0.2) is 30.3 Å². The predicted octanol–water partition coefficient (Wildman–Crippen LogP) is 0.710. The Morgan fingerprint density at radius 1 is 1.23 bits per heavy atom. The van der Waals surface area contributed by atoms with Gasteiger partial charge in [0.25, 0.3) is 0 Å². The molecular formula is C9H11N3S. The summed E-state index contributed by atoms with van der Waals surface area (Å²) in [5.74, 6) is 0. The van der Waals surface area contributed by atoms with Crippen molar-refractivity contribution >= 4 is 17.3 Å². The van der Waals surface area contributed by atoms with E-state index < -0.39 is 0 Å². The molecule has 4 heteroatoms. The first-order valence-corrected chi connectivity index (χ1v) is 4.60. The number of thiocarbonyl (C=S) groups is 1. The third-order valence-electron chi connectivity index (χ3n) is 1.96. The average Bonchev–Trinajstić information content (AvgIpc) is 2.19. The minimum absolute atomic E-state index is 0.134. The van der Waals surface area contributed by atoms with Gasteiger partial charge in [0.2, 0.25) is 0 Å². The van der Waals surface area contributed by atoms with Crippen molar-refractivity contribution in [3.05, 3.63) is 35.9 Å². The van der Waals surface area contributed by atoms with Crippen molar-refractivity contribution in [1.82, 2.24) is 16.0 Å². The number of benzene rings is 1. The van der Waals surface area contributed by atoms with Gasteiger partial charge in [0.05, 0.1) is 6.67 Å². The zero-order chi connectivity index (χ0) is 9.10. The molecule has 13 heavy (non-hydrogen) atoms. The largest absolute Gasteiger partial charge is 0.350 e. The lowest BCUT2D eigenvalue weighted by Gasteiger charge is -2.27. The molecule has 3 nitrogen and oxygen atoms in total. The Morgan fingerprint density at radius 2 is 2.00 bits per heavy atom. The van der Waals surface area contributed by atoms with Crippen LogP contribution >= 0.6 is 12.2 Å². The molecular weight excluding hydrogens is 182 g/mol. The number of nitrogens with one attached hydrogen (secondary N) is 3. The van der Waals surface area contributed by atoms with E-state index in [1.807, 2.05) is 18.2 Å². The molecule has 1 aromatic carbocycles. The number of hydrogen-bond acceptors (Lipinski definition) is 2. The topological polar surface area (TPSA) is 36.1 Å². The Hall–Kier alpha value is -1.13. The van der Waals surface area contributed by atoms with Gasteiger partial charge >= 0.3 is 0 Å². The van der Waals surface area contributed by atoms with Crippen LogP contribution in [0.1, 0.15) is 11.7 Å². The number of hydrogen-bond donors (Lipinski definition) is 3. The lowest BCUT2D eigenvalue weighted by atomic mass is 10.2. The van der Waals surface area contributed by atoms with E-state index in [4.69, 9.17) is 12.2 Å². The summed E-state index contributed by atoms with van der Waals surface area (Å²) in [6.07, 6.45) is 0.134. The Kier molecular flexibility index (Phi) is 2.42. The van der Waals surface area contributed by atoms with Crippen molar-refractivity contribution in [3.8, 4) is 0 Å². The normalized spacial score (nSPS) is 21.8. The molecule has 3 N–H and O–H groups in total. The Labute approximate surface area is 82.5 Å². The van der Waals surface area contributed by atoms with Crippen LogP contribution in [0.5, 0.6) is 0 Å². The lowest BCUT2D eigenvalue weighted by molar-refractivity contribution is 0.460. The van der Waals surface area contributed by atoms with Gasteiger partial charge in [-0.15, -0.1) is 0 Å². The lowest BCUT2D eigenvalue weighted by Crippen LogP contribution is -2.53. The van der Waals surface area contributed by atoms with E-state index >= 15 is 0 Å². The number of rotatable bonds is 1. The van der Waals surface area contributed by atoms with Gasteiger partial charge in [0.15, 0.2) is 5.11 Å². The third-order valence-corrected chi connectivity index (χ3v) is 2.23. The van der Waals surface area contributed by atoms with E-state index in [0.717, 1.165) is 0 Å². The highest BCUT2D eigenvalue weighted by molar-refractivity contribution is 7.80. The second-order valence-corrected chi connectivity index (χ2v) is 3.28. The minimum Gasteiger partial charge on any atom is -0.350 e. The van der Waals surface area contributed by atoms with Gasteiger partial charge in [0, 0.05) is 0 Å². The zero-order valence-corrected chi connectivity index (χ0v) is 7.90. The molecule has 0 radical (unpaired) electrons. The first-order chi connectivity index (χ1) is 6.36. The molecule has 2 rings (SSSR count). The quantitative estimate of drug-likeness (QED) is 0.574. The molecule has 1 aliphatic rings. The first kappa shape index (κ1) is 8.47. The molecule has 0 saturated carbocycles. The summed E-state index contributed by atoms with van der Waals surface area (Å²) < 4.78 is 0. The van der Waals surface area contributed by atoms with Gasteiger partial charge in [-0.25, -0.2) is 0 Å². The van der Waals surface area contributed by atoms with E-state index in [1.54, 1.807) is 0 Å². The molecule has 1 fully saturated rings. The summed E-state index contributed by atoms with van der Waals surface area (Å²) in [6, 6.07) is 10.2. The summed E-state index contributed by atoms with van der Waals surface area (Å²) in [5, 5.41) is 10.1. The summed E-state index contributed by atoms with van der Waals surface area (Å²) >= 11 is 5.02. The van der Waals surface area contributed by atoms with Crippen molar-refractivity contribution in [1.29, 1.82) is 0 Å². The summed E-state index contributed by atoms with van der Waals surface area (Å²) in [5.41, 5.74) is 1.20. The van der Waals surface area contributed by atoms with Crippen molar-refractivity contribution in [2.24, 2.45) is 0 Å². The monoisotopic (exact) mass is 193 g/mol. The molecule has 0 bridgehead atoms. The fraction of sp³-hybridized carbons (Fsp3) is 0.222. The second-order valence-electron chi connectivity index (χ2n) is 2.87. The van der Waals surface area contributed by atoms with Gasteiger partial charge in [-0.1, -0.05) is 30.3 Å². The fourth-order valence-electron chi connectivity index (χ4n) is 1.31. The average molecular weight is 193 g/mol. The highest BCUT2D eigenvalue weighted by atomic mass is 32.1. The predicted molar refractivity (Wildman–Crippen MR) is 56.1 cm³/mol. The Bertz CT molecular complexity index is 299. The third kappa shape index (κ3) is 1.96. The Morgan fingerprint density at radius 3 is 2.69 bits per heavy atom. The molecule has 68 valence electrons. The smallest absolute Gasteiger partial charge is 0.168 e. The molecule has 1 atom stereocenters. The van der Waals surface area contributed by atoms with Crippen molar-refractivity contribution in [3.63, 3.8) is 0 Å². The van der Waals surface area contributed by atoms with E-state index in [1.165, 1.54) is 5.56 Å². The van der Waals surface area contributed by atoms with Crippen LogP contribution in [0.3, 0.4) is 0 Å². The van der Waals surface area contributed by atoms with Gasteiger partial charge in [-0.2, -0.15) is 0 Å². The molecule has 1 saturated heterocycles. The van der Waals surface area contributed by atoms with Crippen LogP contribution in [0.2, 0.25) is 0 Å². The van der Waals surface area contributed by atoms with E-state index in [-0.39, 0.29) is 6.17 Å². The van der Waals surface area contributed by atoms with E-state index in [9.17, 15) is 0 Å². The van der Waals surface area contributed by atoms with Crippen LogP contribution in [0.4, 0.5) is 0 Å². The summed E-state index contributed by atoms with van der Waals surface area (Å²) in [6.45, 7) is 0.714. The molecule has 1 heterocycles. The van der Waals surface area contributed by atoms with E-state index in [0.29, 0.717) is 11.8 Å². The van der Waals surface area contributed by atoms with Crippen LogP contribution in [0.25, 0.3) is 0 Å². The van der Waals surface area contributed by atoms with Gasteiger partial charge in [-0.3, -0.25) is 5.32 Å². The first-order valence-electron chi connectivity index (χ1n) is 4.19. The highest BCUT2D eigenvalue weighted by Crippen LogP contribution is 2.09. The minimum atomic E-state index is 0.134. The maximum atomic E-state index is 5.02. The molecule has 1 unspecified atom stereocenters. The molecule has 1 aliphatic heterocycles.